The fraction of sp³-hybridized carbons (Fsp3) is 0.235. The zero-order valence-corrected chi connectivity index (χ0v) is 11.9. The van der Waals surface area contributed by atoms with Crippen molar-refractivity contribution < 1.29 is 19.0 Å². The van der Waals surface area contributed by atoms with Crippen LogP contribution in [0.15, 0.2) is 48.5 Å². The molecular weight excluding hydrogens is 271 g/mol. The van der Waals surface area contributed by atoms with Crippen LogP contribution in [0.4, 0.5) is 4.39 Å². The first-order chi connectivity index (χ1) is 9.96. The molecule has 1 unspecified atom stereocenters. The predicted octanol–water partition coefficient (Wildman–Crippen LogP) is 2.89. The van der Waals surface area contributed by atoms with Crippen molar-refractivity contribution in [3.8, 4) is 5.75 Å². The largest absolute Gasteiger partial charge is 0.545 e. The van der Waals surface area contributed by atoms with E-state index in [4.69, 9.17) is 4.74 Å². The highest BCUT2D eigenvalue weighted by molar-refractivity contribution is 5.86. The van der Waals surface area contributed by atoms with Crippen molar-refractivity contribution in [3.63, 3.8) is 0 Å². The van der Waals surface area contributed by atoms with E-state index in [1.54, 1.807) is 0 Å². The van der Waals surface area contributed by atoms with Crippen LogP contribution >= 0.6 is 0 Å². The summed E-state index contributed by atoms with van der Waals surface area (Å²) in [5, 5.41) is 10.9. The van der Waals surface area contributed by atoms with E-state index in [1.165, 1.54) is 0 Å². The average molecular weight is 287 g/mol. The lowest BCUT2D eigenvalue weighted by molar-refractivity contribution is -0.255. The van der Waals surface area contributed by atoms with Crippen LogP contribution in [0.3, 0.4) is 0 Å². The molecule has 0 fully saturated rings. The van der Waals surface area contributed by atoms with Gasteiger partial charge in [-0.2, -0.15) is 0 Å². The Labute approximate surface area is 123 Å². The molecule has 0 aliphatic heterocycles. The van der Waals surface area contributed by atoms with E-state index >= 15 is 0 Å². The van der Waals surface area contributed by atoms with Gasteiger partial charge in [0.1, 0.15) is 5.60 Å². The second kappa shape index (κ2) is 5.95. The third-order valence-corrected chi connectivity index (χ3v) is 3.56. The Morgan fingerprint density at radius 1 is 1.24 bits per heavy atom. The van der Waals surface area contributed by atoms with Crippen molar-refractivity contribution in [1.29, 1.82) is 0 Å². The second-order valence-electron chi connectivity index (χ2n) is 4.99. The number of halogens is 1. The van der Waals surface area contributed by atoms with Gasteiger partial charge in [-0.05, 0) is 37.1 Å². The summed E-state index contributed by atoms with van der Waals surface area (Å²) in [6, 6.07) is 12.8. The van der Waals surface area contributed by atoms with Gasteiger partial charge in [0.15, 0.2) is 11.6 Å². The molecule has 0 saturated heterocycles. The van der Waals surface area contributed by atoms with Crippen molar-refractivity contribution in [1.82, 2.24) is 0 Å². The number of benzene rings is 2. The zero-order valence-electron chi connectivity index (χ0n) is 11.9. The summed E-state index contributed by atoms with van der Waals surface area (Å²) in [6.45, 7) is 3.76. The van der Waals surface area contributed by atoms with E-state index in [0.717, 1.165) is 23.8 Å². The Kier molecular flexibility index (Phi) is 4.26. The number of carboxylic acid groups (broad SMARTS) is 1. The SMILES string of the molecule is CCC(C)(Oc1cc(C(=O)[O-])ccc1F)c1ccccc1. The maximum atomic E-state index is 13.9. The maximum Gasteiger partial charge on any atom is 0.165 e. The van der Waals surface area contributed by atoms with Crippen LogP contribution in [0.5, 0.6) is 5.75 Å². The minimum atomic E-state index is -1.36. The summed E-state index contributed by atoms with van der Waals surface area (Å²) in [5.74, 6) is -2.06. The lowest BCUT2D eigenvalue weighted by Gasteiger charge is -2.30. The molecule has 0 aliphatic rings. The quantitative estimate of drug-likeness (QED) is 0.849. The number of hydrogen-bond donors (Lipinski definition) is 0. The van der Waals surface area contributed by atoms with Crippen molar-refractivity contribution in [2.45, 2.75) is 25.9 Å². The third kappa shape index (κ3) is 3.21. The van der Waals surface area contributed by atoms with Gasteiger partial charge in [0.05, 0.1) is 5.97 Å². The van der Waals surface area contributed by atoms with Crippen molar-refractivity contribution in [2.24, 2.45) is 0 Å². The summed E-state index contributed by atoms with van der Waals surface area (Å²) >= 11 is 0. The number of carbonyl (C=O) groups is 1. The first-order valence-electron chi connectivity index (χ1n) is 6.71. The highest BCUT2D eigenvalue weighted by atomic mass is 19.1. The van der Waals surface area contributed by atoms with Crippen molar-refractivity contribution in [2.75, 3.05) is 0 Å². The fourth-order valence-corrected chi connectivity index (χ4v) is 2.08. The lowest BCUT2D eigenvalue weighted by atomic mass is 9.93. The molecule has 0 heterocycles. The predicted molar refractivity (Wildman–Crippen MR) is 75.4 cm³/mol. The monoisotopic (exact) mass is 287 g/mol. The van der Waals surface area contributed by atoms with Gasteiger partial charge in [-0.3, -0.25) is 0 Å². The van der Waals surface area contributed by atoms with Crippen molar-refractivity contribution in [3.05, 3.63) is 65.5 Å². The van der Waals surface area contributed by atoms with Crippen LogP contribution < -0.4 is 9.84 Å². The van der Waals surface area contributed by atoms with E-state index in [1.807, 2.05) is 44.2 Å². The highest BCUT2D eigenvalue weighted by Gasteiger charge is 2.27. The van der Waals surface area contributed by atoms with Crippen LogP contribution in [0.25, 0.3) is 0 Å². The molecule has 0 aliphatic carbocycles. The molecule has 0 bridgehead atoms. The second-order valence-corrected chi connectivity index (χ2v) is 4.99. The average Bonchev–Trinajstić information content (AvgIpc) is 2.50. The number of carbonyl (C=O) groups excluding carboxylic acids is 1. The summed E-state index contributed by atoms with van der Waals surface area (Å²) < 4.78 is 19.7. The van der Waals surface area contributed by atoms with Crippen LogP contribution in [0.2, 0.25) is 0 Å². The number of aromatic carboxylic acids is 1. The molecule has 2 aromatic rings. The van der Waals surface area contributed by atoms with E-state index in [-0.39, 0.29) is 11.3 Å². The van der Waals surface area contributed by atoms with E-state index in [2.05, 4.69) is 0 Å². The number of carboxylic acids is 1. The van der Waals surface area contributed by atoms with Gasteiger partial charge in [0, 0.05) is 5.56 Å². The molecule has 2 aromatic carbocycles. The van der Waals surface area contributed by atoms with Gasteiger partial charge in [0.25, 0.3) is 0 Å². The van der Waals surface area contributed by atoms with Gasteiger partial charge >= 0.3 is 0 Å². The summed E-state index contributed by atoms with van der Waals surface area (Å²) in [5.41, 5.74) is 0.0378. The number of ether oxygens (including phenoxy) is 1. The van der Waals surface area contributed by atoms with Crippen LogP contribution in [-0.2, 0) is 5.60 Å². The molecule has 4 heteroatoms. The molecular formula is C17H16FO3-. The number of hydrogen-bond acceptors (Lipinski definition) is 3. The Balaban J connectivity index is 2.39. The topological polar surface area (TPSA) is 49.4 Å². The van der Waals surface area contributed by atoms with Crippen LogP contribution in [0, 0.1) is 5.82 Å². The van der Waals surface area contributed by atoms with Crippen LogP contribution in [-0.4, -0.2) is 5.97 Å². The molecule has 0 spiro atoms. The smallest absolute Gasteiger partial charge is 0.165 e. The molecule has 0 radical (unpaired) electrons. The molecule has 3 nitrogen and oxygen atoms in total. The Morgan fingerprint density at radius 3 is 2.48 bits per heavy atom. The van der Waals surface area contributed by atoms with E-state index < -0.39 is 17.4 Å². The normalized spacial score (nSPS) is 13.5. The fourth-order valence-electron chi connectivity index (χ4n) is 2.08. The zero-order chi connectivity index (χ0) is 15.5. The maximum absolute atomic E-state index is 13.9. The molecule has 1 atom stereocenters. The molecule has 0 aromatic heterocycles. The van der Waals surface area contributed by atoms with Gasteiger partial charge in [-0.15, -0.1) is 0 Å². The first kappa shape index (κ1) is 15.0. The summed E-state index contributed by atoms with van der Waals surface area (Å²) in [6.07, 6.45) is 0.603. The highest BCUT2D eigenvalue weighted by Crippen LogP contribution is 2.32. The lowest BCUT2D eigenvalue weighted by Crippen LogP contribution is -2.29. The van der Waals surface area contributed by atoms with E-state index in [9.17, 15) is 14.3 Å². The third-order valence-electron chi connectivity index (χ3n) is 3.56. The molecule has 2 rings (SSSR count). The summed E-state index contributed by atoms with van der Waals surface area (Å²) in [7, 11) is 0. The Morgan fingerprint density at radius 2 is 1.90 bits per heavy atom. The molecule has 110 valence electrons. The molecule has 21 heavy (non-hydrogen) atoms. The van der Waals surface area contributed by atoms with Crippen molar-refractivity contribution >= 4 is 5.97 Å². The van der Waals surface area contributed by atoms with E-state index in [0.29, 0.717) is 6.42 Å². The minimum Gasteiger partial charge on any atom is -0.545 e. The van der Waals surface area contributed by atoms with Gasteiger partial charge in [-0.25, -0.2) is 4.39 Å². The van der Waals surface area contributed by atoms with Gasteiger partial charge in [-0.1, -0.05) is 37.3 Å². The first-order valence-corrected chi connectivity index (χ1v) is 6.71. The minimum absolute atomic E-state index is 0.0927. The molecule has 0 N–H and O–H groups in total. The van der Waals surface area contributed by atoms with Crippen LogP contribution in [0.1, 0.15) is 36.2 Å². The Hall–Kier alpha value is -2.36. The summed E-state index contributed by atoms with van der Waals surface area (Å²) in [4.78, 5) is 10.9. The molecule has 0 amide bonds. The van der Waals surface area contributed by atoms with Gasteiger partial charge < -0.3 is 14.6 Å². The Bertz CT molecular complexity index is 640. The van der Waals surface area contributed by atoms with Gasteiger partial charge in [0.2, 0.25) is 0 Å². The number of rotatable bonds is 5. The standard InChI is InChI=1S/C17H17FO3/c1-3-17(2,13-7-5-4-6-8-13)21-15-11-12(16(19)20)9-10-14(15)18/h4-11H,3H2,1-2H3,(H,19,20)/p-1. The molecule has 0 saturated carbocycles.